The average Bonchev–Trinajstić information content (AvgIpc) is 2.67. The number of aromatic nitrogens is 1. The molecular weight excluding hydrogens is 328 g/mol. The maximum Gasteiger partial charge on any atom is 0.326 e. The van der Waals surface area contributed by atoms with Crippen LogP contribution in [0.2, 0.25) is 0 Å². The highest BCUT2D eigenvalue weighted by molar-refractivity contribution is 5.99. The van der Waals surface area contributed by atoms with Crippen molar-refractivity contribution in [3.63, 3.8) is 0 Å². The number of fused-ring (bicyclic) bond motifs is 1. The lowest BCUT2D eigenvalue weighted by atomic mass is 10.0. The van der Waals surface area contributed by atoms with Crippen molar-refractivity contribution in [3.8, 4) is 0 Å². The maximum atomic E-state index is 12.4. The molecule has 0 unspecified atom stereocenters. The van der Waals surface area contributed by atoms with E-state index in [1.165, 1.54) is 6.20 Å². The Balaban J connectivity index is 1.62. The zero-order valence-corrected chi connectivity index (χ0v) is 14.3. The minimum absolute atomic E-state index is 0.359. The quantitative estimate of drug-likeness (QED) is 0.685. The molecule has 1 amide bonds. The molecule has 0 fully saturated rings. The molecule has 2 N–H and O–H groups in total. The number of para-hydroxylation sites is 1. The first-order valence-corrected chi connectivity index (χ1v) is 8.56. The van der Waals surface area contributed by atoms with Crippen molar-refractivity contribution < 1.29 is 14.7 Å². The Morgan fingerprint density at radius 1 is 1.04 bits per heavy atom. The van der Waals surface area contributed by atoms with Gasteiger partial charge in [-0.15, -0.1) is 0 Å². The predicted molar refractivity (Wildman–Crippen MR) is 100 cm³/mol. The minimum atomic E-state index is -1.03. The van der Waals surface area contributed by atoms with Gasteiger partial charge < -0.3 is 10.4 Å². The molecular formula is C21H20N2O3. The van der Waals surface area contributed by atoms with Crippen LogP contribution in [0.5, 0.6) is 0 Å². The van der Waals surface area contributed by atoms with Crippen LogP contribution in [0.3, 0.4) is 0 Å². The number of hydrogen-bond acceptors (Lipinski definition) is 3. The second-order valence-corrected chi connectivity index (χ2v) is 6.16. The number of amides is 1. The van der Waals surface area contributed by atoms with Crippen LogP contribution < -0.4 is 5.32 Å². The lowest BCUT2D eigenvalue weighted by Gasteiger charge is -2.14. The third-order valence-corrected chi connectivity index (χ3v) is 4.26. The highest BCUT2D eigenvalue weighted by Crippen LogP contribution is 2.13. The highest BCUT2D eigenvalue weighted by Gasteiger charge is 2.20. The van der Waals surface area contributed by atoms with Crippen LogP contribution in [0.4, 0.5) is 0 Å². The van der Waals surface area contributed by atoms with E-state index in [9.17, 15) is 14.7 Å². The molecule has 3 aromatic rings. The first kappa shape index (κ1) is 17.6. The van der Waals surface area contributed by atoms with Crippen LogP contribution in [0.25, 0.3) is 10.9 Å². The van der Waals surface area contributed by atoms with E-state index < -0.39 is 17.9 Å². The first-order valence-electron chi connectivity index (χ1n) is 8.56. The fourth-order valence-electron chi connectivity index (χ4n) is 2.85. The van der Waals surface area contributed by atoms with E-state index in [1.54, 1.807) is 6.07 Å². The number of hydrogen-bond donors (Lipinski definition) is 2. The molecule has 0 saturated carbocycles. The van der Waals surface area contributed by atoms with Gasteiger partial charge in [0, 0.05) is 11.6 Å². The molecule has 5 nitrogen and oxygen atoms in total. The van der Waals surface area contributed by atoms with Crippen molar-refractivity contribution in [2.45, 2.75) is 25.3 Å². The summed E-state index contributed by atoms with van der Waals surface area (Å²) in [5.74, 6) is -1.45. The summed E-state index contributed by atoms with van der Waals surface area (Å²) in [5.41, 5.74) is 2.31. The molecule has 26 heavy (non-hydrogen) atoms. The summed E-state index contributed by atoms with van der Waals surface area (Å²) in [4.78, 5) is 28.2. The van der Waals surface area contributed by atoms with Crippen LogP contribution in [0.1, 0.15) is 28.8 Å². The van der Waals surface area contributed by atoms with E-state index in [1.807, 2.05) is 54.6 Å². The van der Waals surface area contributed by atoms with Crippen molar-refractivity contribution in [3.05, 3.63) is 78.0 Å². The topological polar surface area (TPSA) is 79.3 Å². The maximum absolute atomic E-state index is 12.4. The van der Waals surface area contributed by atoms with Gasteiger partial charge in [-0.3, -0.25) is 9.78 Å². The average molecular weight is 348 g/mol. The molecule has 0 aliphatic rings. The Kier molecular flexibility index (Phi) is 5.59. The van der Waals surface area contributed by atoms with Gasteiger partial charge in [0.05, 0.1) is 11.1 Å². The molecule has 1 atom stereocenters. The lowest BCUT2D eigenvalue weighted by molar-refractivity contribution is -0.139. The third-order valence-electron chi connectivity index (χ3n) is 4.26. The van der Waals surface area contributed by atoms with Gasteiger partial charge in [0.25, 0.3) is 5.91 Å². The standard InChI is InChI=1S/C21H20N2O3/c24-20(17-13-16-10-4-5-11-18(16)22-14-17)23-19(21(25)26)12-6-9-15-7-2-1-3-8-15/h1-5,7-8,10-11,13-14,19H,6,9,12H2,(H,23,24)(H,25,26)/t19-/m0/s1. The number of carbonyl (C=O) groups is 2. The highest BCUT2D eigenvalue weighted by atomic mass is 16.4. The molecule has 0 spiro atoms. The number of rotatable bonds is 7. The Hall–Kier alpha value is -3.21. The molecule has 1 aromatic heterocycles. The first-order chi connectivity index (χ1) is 12.6. The number of benzene rings is 2. The van der Waals surface area contributed by atoms with Gasteiger partial charge in [0.2, 0.25) is 0 Å². The predicted octanol–water partition coefficient (Wildman–Crippen LogP) is 3.44. The third kappa shape index (κ3) is 4.45. The number of aryl methyl sites for hydroxylation is 1. The molecule has 132 valence electrons. The summed E-state index contributed by atoms with van der Waals surface area (Å²) in [6.45, 7) is 0. The summed E-state index contributed by atoms with van der Waals surface area (Å²) < 4.78 is 0. The van der Waals surface area contributed by atoms with Crippen molar-refractivity contribution >= 4 is 22.8 Å². The Bertz CT molecular complexity index is 909. The number of carbonyl (C=O) groups excluding carboxylic acids is 1. The van der Waals surface area contributed by atoms with Crippen LogP contribution in [-0.4, -0.2) is 28.0 Å². The summed E-state index contributed by atoms with van der Waals surface area (Å²) in [6.07, 6.45) is 3.30. The second-order valence-electron chi connectivity index (χ2n) is 6.16. The number of pyridine rings is 1. The molecule has 3 rings (SSSR count). The van der Waals surface area contributed by atoms with Crippen molar-refractivity contribution in [2.75, 3.05) is 0 Å². The van der Waals surface area contributed by atoms with E-state index in [0.717, 1.165) is 22.9 Å². The van der Waals surface area contributed by atoms with Crippen LogP contribution in [0.15, 0.2) is 66.9 Å². The van der Waals surface area contributed by atoms with Gasteiger partial charge in [-0.05, 0) is 37.0 Å². The molecule has 0 bridgehead atoms. The molecule has 0 aliphatic carbocycles. The molecule has 0 saturated heterocycles. The molecule has 0 aliphatic heterocycles. The Morgan fingerprint density at radius 3 is 2.54 bits per heavy atom. The summed E-state index contributed by atoms with van der Waals surface area (Å²) in [6, 6.07) is 18.2. The van der Waals surface area contributed by atoms with Crippen molar-refractivity contribution in [1.82, 2.24) is 10.3 Å². The zero-order chi connectivity index (χ0) is 18.4. The van der Waals surface area contributed by atoms with Gasteiger partial charge in [-0.2, -0.15) is 0 Å². The van der Waals surface area contributed by atoms with E-state index in [2.05, 4.69) is 10.3 Å². The summed E-state index contributed by atoms with van der Waals surface area (Å²) >= 11 is 0. The van der Waals surface area contributed by atoms with Crippen molar-refractivity contribution in [2.24, 2.45) is 0 Å². The van der Waals surface area contributed by atoms with Gasteiger partial charge in [-0.1, -0.05) is 48.5 Å². The van der Waals surface area contributed by atoms with Crippen LogP contribution in [0, 0.1) is 0 Å². The minimum Gasteiger partial charge on any atom is -0.480 e. The number of carboxylic acids is 1. The lowest BCUT2D eigenvalue weighted by Crippen LogP contribution is -2.40. The smallest absolute Gasteiger partial charge is 0.326 e. The zero-order valence-electron chi connectivity index (χ0n) is 14.3. The van der Waals surface area contributed by atoms with Gasteiger partial charge >= 0.3 is 5.97 Å². The number of nitrogens with zero attached hydrogens (tertiary/aromatic N) is 1. The number of carboxylic acid groups (broad SMARTS) is 1. The van der Waals surface area contributed by atoms with Crippen LogP contribution >= 0.6 is 0 Å². The van der Waals surface area contributed by atoms with E-state index >= 15 is 0 Å². The molecule has 2 aromatic carbocycles. The van der Waals surface area contributed by atoms with E-state index in [0.29, 0.717) is 18.4 Å². The van der Waals surface area contributed by atoms with E-state index in [4.69, 9.17) is 0 Å². The fraction of sp³-hybridized carbons (Fsp3) is 0.190. The van der Waals surface area contributed by atoms with E-state index in [-0.39, 0.29) is 0 Å². The van der Waals surface area contributed by atoms with Crippen LogP contribution in [-0.2, 0) is 11.2 Å². The Labute approximate surface area is 151 Å². The van der Waals surface area contributed by atoms with Gasteiger partial charge in [-0.25, -0.2) is 4.79 Å². The second kappa shape index (κ2) is 8.25. The number of aliphatic carboxylic acids is 1. The summed E-state index contributed by atoms with van der Waals surface area (Å²) in [7, 11) is 0. The van der Waals surface area contributed by atoms with Gasteiger partial charge in [0.1, 0.15) is 6.04 Å². The molecule has 0 radical (unpaired) electrons. The van der Waals surface area contributed by atoms with Crippen molar-refractivity contribution in [1.29, 1.82) is 0 Å². The number of nitrogens with one attached hydrogen (secondary N) is 1. The monoisotopic (exact) mass is 348 g/mol. The SMILES string of the molecule is O=C(N[C@@H](CCCc1ccccc1)C(=O)O)c1cnc2ccccc2c1. The normalized spacial score (nSPS) is 11.8. The molecule has 5 heteroatoms. The molecule has 1 heterocycles. The Morgan fingerprint density at radius 2 is 1.77 bits per heavy atom. The van der Waals surface area contributed by atoms with Gasteiger partial charge in [0.15, 0.2) is 0 Å². The summed E-state index contributed by atoms with van der Waals surface area (Å²) in [5, 5.41) is 12.9. The largest absolute Gasteiger partial charge is 0.480 e. The fourth-order valence-corrected chi connectivity index (χ4v) is 2.85.